The van der Waals surface area contributed by atoms with Crippen LogP contribution in [0, 0.1) is 0 Å². The van der Waals surface area contributed by atoms with Gasteiger partial charge in [-0.15, -0.1) is 0 Å². The third-order valence-electron chi connectivity index (χ3n) is 3.79. The number of methoxy groups -OCH3 is 1. The molecule has 0 radical (unpaired) electrons. The lowest BCUT2D eigenvalue weighted by molar-refractivity contribution is -0.144. The molecule has 0 rings (SSSR count). The van der Waals surface area contributed by atoms with Crippen molar-refractivity contribution < 1.29 is 24.2 Å². The average molecular weight is 345 g/mol. The average Bonchev–Trinajstić information content (AvgIpc) is 2.59. The van der Waals surface area contributed by atoms with E-state index in [1.165, 1.54) is 7.11 Å². The number of unbranched alkanes of at least 4 members (excludes halogenated alkanes) is 7. The van der Waals surface area contributed by atoms with Gasteiger partial charge in [-0.2, -0.15) is 0 Å². The van der Waals surface area contributed by atoms with E-state index in [0.717, 1.165) is 64.3 Å². The summed E-state index contributed by atoms with van der Waals surface area (Å²) in [5.74, 6) is -0.267. The van der Waals surface area contributed by atoms with Gasteiger partial charge in [0.25, 0.3) is 0 Å². The fraction of sp³-hybridized carbons (Fsp3) is 0.889. The molecule has 0 fully saturated rings. The smallest absolute Gasteiger partial charge is 0.305 e. The van der Waals surface area contributed by atoms with Crippen molar-refractivity contribution in [3.8, 4) is 0 Å². The molecule has 0 spiro atoms. The Balaban J connectivity index is 3.20. The first-order valence-electron chi connectivity index (χ1n) is 9.24. The van der Waals surface area contributed by atoms with Crippen LogP contribution in [-0.2, 0) is 19.1 Å². The van der Waals surface area contributed by atoms with Crippen LogP contribution in [0.1, 0.15) is 70.6 Å². The van der Waals surface area contributed by atoms with Gasteiger partial charge >= 0.3 is 11.9 Å². The maximum Gasteiger partial charge on any atom is 0.305 e. The third-order valence-corrected chi connectivity index (χ3v) is 3.79. The Labute approximate surface area is 146 Å². The maximum absolute atomic E-state index is 11.6. The lowest BCUT2D eigenvalue weighted by Gasteiger charge is -2.05. The largest absolute Gasteiger partial charge is 0.469 e. The van der Waals surface area contributed by atoms with E-state index in [0.29, 0.717) is 26.0 Å². The Morgan fingerprint density at radius 3 is 2.04 bits per heavy atom. The van der Waals surface area contributed by atoms with Crippen LogP contribution < -0.4 is 5.32 Å². The van der Waals surface area contributed by atoms with Crippen LogP contribution in [0.3, 0.4) is 0 Å². The highest BCUT2D eigenvalue weighted by atomic mass is 16.5. The van der Waals surface area contributed by atoms with Crippen LogP contribution in [0.5, 0.6) is 0 Å². The van der Waals surface area contributed by atoms with Crippen molar-refractivity contribution in [3.63, 3.8) is 0 Å². The van der Waals surface area contributed by atoms with Crippen LogP contribution in [0.15, 0.2) is 0 Å². The standard InChI is InChI=1S/C18H35NO5/c1-23-17(21)11-7-4-6-10-16-24-18(22)12-8-3-2-5-9-13-19-14-15-20/h19-20H,2-16H2,1H3. The van der Waals surface area contributed by atoms with Gasteiger partial charge in [0.1, 0.15) is 0 Å². The van der Waals surface area contributed by atoms with Gasteiger partial charge in [0.05, 0.1) is 20.3 Å². The number of carbonyl (C=O) groups excluding carboxylic acids is 2. The Morgan fingerprint density at radius 1 is 0.792 bits per heavy atom. The predicted octanol–water partition coefficient (Wildman–Crippen LogP) is 2.58. The number of hydrogen-bond donors (Lipinski definition) is 2. The molecule has 6 heteroatoms. The second-order valence-corrected chi connectivity index (χ2v) is 5.95. The molecule has 0 saturated carbocycles. The van der Waals surface area contributed by atoms with E-state index in [-0.39, 0.29) is 18.5 Å². The van der Waals surface area contributed by atoms with Gasteiger partial charge in [-0.25, -0.2) is 0 Å². The van der Waals surface area contributed by atoms with Gasteiger partial charge in [-0.1, -0.05) is 32.1 Å². The molecule has 0 heterocycles. The van der Waals surface area contributed by atoms with E-state index >= 15 is 0 Å². The summed E-state index contributed by atoms with van der Waals surface area (Å²) < 4.78 is 9.77. The number of aliphatic hydroxyl groups excluding tert-OH is 1. The Kier molecular flexibility index (Phi) is 17.3. The molecular formula is C18H35NO5. The van der Waals surface area contributed by atoms with Crippen LogP contribution in [-0.4, -0.2) is 50.5 Å². The summed E-state index contributed by atoms with van der Waals surface area (Å²) in [7, 11) is 1.40. The first kappa shape index (κ1) is 22.9. The van der Waals surface area contributed by atoms with E-state index in [2.05, 4.69) is 10.1 Å². The Hall–Kier alpha value is -1.14. The molecule has 0 aliphatic heterocycles. The van der Waals surface area contributed by atoms with Crippen molar-refractivity contribution in [1.29, 1.82) is 0 Å². The number of nitrogens with one attached hydrogen (secondary N) is 1. The first-order chi connectivity index (χ1) is 11.7. The number of aliphatic hydroxyl groups is 1. The molecule has 0 amide bonds. The molecule has 0 aliphatic carbocycles. The third kappa shape index (κ3) is 17.2. The summed E-state index contributed by atoms with van der Waals surface area (Å²) in [6.07, 6.45) is 9.93. The summed E-state index contributed by atoms with van der Waals surface area (Å²) in [5.41, 5.74) is 0. The van der Waals surface area contributed by atoms with Crippen molar-refractivity contribution >= 4 is 11.9 Å². The fourth-order valence-electron chi connectivity index (χ4n) is 2.34. The molecule has 0 atom stereocenters. The summed E-state index contributed by atoms with van der Waals surface area (Å²) >= 11 is 0. The zero-order valence-electron chi connectivity index (χ0n) is 15.2. The number of carbonyl (C=O) groups is 2. The fourth-order valence-corrected chi connectivity index (χ4v) is 2.34. The van der Waals surface area contributed by atoms with Crippen molar-refractivity contribution in [2.24, 2.45) is 0 Å². The van der Waals surface area contributed by atoms with E-state index < -0.39 is 0 Å². The van der Waals surface area contributed by atoms with Crippen molar-refractivity contribution in [2.75, 3.05) is 33.4 Å². The lowest BCUT2D eigenvalue weighted by atomic mass is 10.1. The minimum atomic E-state index is -0.164. The van der Waals surface area contributed by atoms with Gasteiger partial charge in [-0.05, 0) is 32.2 Å². The van der Waals surface area contributed by atoms with Crippen LogP contribution in [0.2, 0.25) is 0 Å². The zero-order valence-corrected chi connectivity index (χ0v) is 15.2. The summed E-state index contributed by atoms with van der Waals surface area (Å²) in [6.45, 7) is 2.28. The molecule has 6 nitrogen and oxygen atoms in total. The highest BCUT2D eigenvalue weighted by Gasteiger charge is 2.03. The molecule has 0 unspecified atom stereocenters. The van der Waals surface area contributed by atoms with Gasteiger partial charge in [0.2, 0.25) is 0 Å². The minimum Gasteiger partial charge on any atom is -0.469 e. The highest BCUT2D eigenvalue weighted by Crippen LogP contribution is 2.07. The number of hydrogen-bond acceptors (Lipinski definition) is 6. The van der Waals surface area contributed by atoms with E-state index in [1.54, 1.807) is 0 Å². The van der Waals surface area contributed by atoms with E-state index in [9.17, 15) is 9.59 Å². The molecule has 0 aromatic rings. The van der Waals surface area contributed by atoms with Crippen LogP contribution >= 0.6 is 0 Å². The van der Waals surface area contributed by atoms with Crippen LogP contribution in [0.4, 0.5) is 0 Å². The first-order valence-corrected chi connectivity index (χ1v) is 9.24. The molecule has 0 aromatic carbocycles. The summed E-state index contributed by atoms with van der Waals surface area (Å²) in [5, 5.41) is 11.8. The molecule has 2 N–H and O–H groups in total. The second kappa shape index (κ2) is 18.2. The Morgan fingerprint density at radius 2 is 1.38 bits per heavy atom. The highest BCUT2D eigenvalue weighted by molar-refractivity contribution is 5.69. The summed E-state index contributed by atoms with van der Waals surface area (Å²) in [6, 6.07) is 0. The van der Waals surface area contributed by atoms with E-state index in [1.807, 2.05) is 0 Å². The normalized spacial score (nSPS) is 10.6. The summed E-state index contributed by atoms with van der Waals surface area (Å²) in [4.78, 5) is 22.5. The SMILES string of the molecule is COC(=O)CCCCCCOC(=O)CCCCCCCNCCO. The second-order valence-electron chi connectivity index (χ2n) is 5.95. The van der Waals surface area contributed by atoms with Gasteiger partial charge in [0, 0.05) is 19.4 Å². The Bertz CT molecular complexity index is 310. The van der Waals surface area contributed by atoms with Gasteiger partial charge < -0.3 is 19.9 Å². The lowest BCUT2D eigenvalue weighted by Crippen LogP contribution is -2.19. The monoisotopic (exact) mass is 345 g/mol. The molecule has 24 heavy (non-hydrogen) atoms. The number of rotatable bonds is 17. The number of ether oxygens (including phenoxy) is 2. The quantitative estimate of drug-likeness (QED) is 0.311. The molecule has 0 aliphatic rings. The van der Waals surface area contributed by atoms with Crippen molar-refractivity contribution in [3.05, 3.63) is 0 Å². The predicted molar refractivity (Wildman–Crippen MR) is 93.7 cm³/mol. The zero-order chi connectivity index (χ0) is 17.9. The minimum absolute atomic E-state index is 0.103. The maximum atomic E-state index is 11.6. The molecule has 0 bridgehead atoms. The van der Waals surface area contributed by atoms with E-state index in [4.69, 9.17) is 9.84 Å². The number of esters is 2. The molecule has 142 valence electrons. The van der Waals surface area contributed by atoms with Gasteiger partial charge in [-0.3, -0.25) is 9.59 Å². The molecular weight excluding hydrogens is 310 g/mol. The van der Waals surface area contributed by atoms with Gasteiger partial charge in [0.15, 0.2) is 0 Å². The van der Waals surface area contributed by atoms with Crippen molar-refractivity contribution in [2.45, 2.75) is 70.6 Å². The van der Waals surface area contributed by atoms with Crippen molar-refractivity contribution in [1.82, 2.24) is 5.32 Å². The van der Waals surface area contributed by atoms with Crippen LogP contribution in [0.25, 0.3) is 0 Å². The molecule has 0 aromatic heterocycles. The topological polar surface area (TPSA) is 84.9 Å². The molecule has 0 saturated heterocycles.